The van der Waals surface area contributed by atoms with Crippen LogP contribution in [0.2, 0.25) is 0 Å². The summed E-state index contributed by atoms with van der Waals surface area (Å²) in [4.78, 5) is 5.51. The number of thiazole rings is 1. The molecular formula is C9H12N4S. The van der Waals surface area contributed by atoms with Gasteiger partial charge in [-0.1, -0.05) is 0 Å². The largest absolute Gasteiger partial charge is 0.376 e. The molecule has 0 bridgehead atoms. The maximum Gasteiger partial charge on any atom is 0.112 e. The van der Waals surface area contributed by atoms with E-state index in [4.69, 9.17) is 0 Å². The van der Waals surface area contributed by atoms with Gasteiger partial charge in [0.1, 0.15) is 5.01 Å². The molecule has 0 aromatic carbocycles. The van der Waals surface area contributed by atoms with Crippen molar-refractivity contribution in [2.45, 2.75) is 13.5 Å². The SMILES string of the molecule is Cc1cnc(CNc2cnn(C)c2)s1. The summed E-state index contributed by atoms with van der Waals surface area (Å²) in [6, 6.07) is 0. The van der Waals surface area contributed by atoms with E-state index in [0.29, 0.717) is 0 Å². The Morgan fingerprint density at radius 1 is 1.50 bits per heavy atom. The quantitative estimate of drug-likeness (QED) is 0.836. The second-order valence-corrected chi connectivity index (χ2v) is 4.44. The van der Waals surface area contributed by atoms with Crippen LogP contribution in [0, 0.1) is 6.92 Å². The zero-order valence-electron chi connectivity index (χ0n) is 8.19. The van der Waals surface area contributed by atoms with Crippen molar-refractivity contribution < 1.29 is 0 Å². The lowest BCUT2D eigenvalue weighted by Gasteiger charge is -1.98. The van der Waals surface area contributed by atoms with Crippen LogP contribution in [0.15, 0.2) is 18.6 Å². The van der Waals surface area contributed by atoms with Gasteiger partial charge in [-0.2, -0.15) is 5.10 Å². The third kappa shape index (κ3) is 2.11. The molecular weight excluding hydrogens is 196 g/mol. The van der Waals surface area contributed by atoms with Crippen molar-refractivity contribution in [3.63, 3.8) is 0 Å². The minimum Gasteiger partial charge on any atom is -0.376 e. The minimum atomic E-state index is 0.768. The molecule has 5 heteroatoms. The van der Waals surface area contributed by atoms with Crippen LogP contribution in [-0.4, -0.2) is 14.8 Å². The summed E-state index contributed by atoms with van der Waals surface area (Å²) in [6.45, 7) is 2.83. The molecule has 0 fully saturated rings. The van der Waals surface area contributed by atoms with Crippen LogP contribution in [0.4, 0.5) is 5.69 Å². The first-order valence-electron chi connectivity index (χ1n) is 4.38. The Morgan fingerprint density at radius 3 is 2.93 bits per heavy atom. The molecule has 2 aromatic rings. The highest BCUT2D eigenvalue weighted by molar-refractivity contribution is 7.11. The van der Waals surface area contributed by atoms with Gasteiger partial charge in [0.15, 0.2) is 0 Å². The molecule has 0 spiro atoms. The van der Waals surface area contributed by atoms with E-state index in [0.717, 1.165) is 17.2 Å². The van der Waals surface area contributed by atoms with Crippen molar-refractivity contribution in [2.24, 2.45) is 7.05 Å². The summed E-state index contributed by atoms with van der Waals surface area (Å²) >= 11 is 1.71. The van der Waals surface area contributed by atoms with Crippen LogP contribution < -0.4 is 5.32 Å². The van der Waals surface area contributed by atoms with E-state index in [9.17, 15) is 0 Å². The van der Waals surface area contributed by atoms with E-state index < -0.39 is 0 Å². The summed E-state index contributed by atoms with van der Waals surface area (Å²) < 4.78 is 1.77. The maximum absolute atomic E-state index is 4.27. The van der Waals surface area contributed by atoms with Crippen molar-refractivity contribution in [2.75, 3.05) is 5.32 Å². The Bertz CT molecular complexity index is 378. The molecule has 0 radical (unpaired) electrons. The molecule has 14 heavy (non-hydrogen) atoms. The Morgan fingerprint density at radius 2 is 2.36 bits per heavy atom. The predicted octanol–water partition coefficient (Wildman–Crippen LogP) is 1.80. The Hall–Kier alpha value is -1.36. The first kappa shape index (κ1) is 9.21. The molecule has 2 rings (SSSR count). The summed E-state index contributed by atoms with van der Waals surface area (Å²) in [6.07, 6.45) is 5.64. The fourth-order valence-electron chi connectivity index (χ4n) is 1.17. The Balaban J connectivity index is 1.94. The lowest BCUT2D eigenvalue weighted by molar-refractivity contribution is 0.768. The fourth-order valence-corrected chi connectivity index (χ4v) is 1.90. The maximum atomic E-state index is 4.27. The van der Waals surface area contributed by atoms with Crippen LogP contribution in [0.5, 0.6) is 0 Å². The number of hydrogen-bond donors (Lipinski definition) is 1. The van der Waals surface area contributed by atoms with Crippen molar-refractivity contribution in [1.29, 1.82) is 0 Å². The van der Waals surface area contributed by atoms with Gasteiger partial charge in [-0.15, -0.1) is 11.3 Å². The van der Waals surface area contributed by atoms with E-state index in [1.165, 1.54) is 4.88 Å². The highest BCUT2D eigenvalue weighted by Gasteiger charge is 1.99. The van der Waals surface area contributed by atoms with Gasteiger partial charge in [0.2, 0.25) is 0 Å². The number of nitrogens with one attached hydrogen (secondary N) is 1. The Kier molecular flexibility index (Phi) is 2.49. The molecule has 0 aliphatic carbocycles. The molecule has 0 atom stereocenters. The van der Waals surface area contributed by atoms with Gasteiger partial charge in [-0.25, -0.2) is 4.98 Å². The second-order valence-electron chi connectivity index (χ2n) is 3.12. The van der Waals surface area contributed by atoms with Crippen molar-refractivity contribution in [1.82, 2.24) is 14.8 Å². The lowest BCUT2D eigenvalue weighted by atomic mass is 10.5. The van der Waals surface area contributed by atoms with Gasteiger partial charge in [0.25, 0.3) is 0 Å². The van der Waals surface area contributed by atoms with Crippen LogP contribution in [0.25, 0.3) is 0 Å². The third-order valence-corrected chi connectivity index (χ3v) is 2.73. The molecule has 0 saturated heterocycles. The molecule has 2 heterocycles. The average molecular weight is 208 g/mol. The average Bonchev–Trinajstić information content (AvgIpc) is 2.72. The first-order chi connectivity index (χ1) is 6.74. The molecule has 2 aromatic heterocycles. The molecule has 0 aliphatic heterocycles. The highest BCUT2D eigenvalue weighted by Crippen LogP contribution is 2.13. The van der Waals surface area contributed by atoms with Gasteiger partial charge in [-0.05, 0) is 6.92 Å². The van der Waals surface area contributed by atoms with E-state index in [1.807, 2.05) is 19.4 Å². The number of aryl methyl sites for hydroxylation is 2. The molecule has 0 saturated carbocycles. The van der Waals surface area contributed by atoms with E-state index in [1.54, 1.807) is 22.2 Å². The van der Waals surface area contributed by atoms with E-state index in [2.05, 4.69) is 22.3 Å². The van der Waals surface area contributed by atoms with Gasteiger partial charge < -0.3 is 5.32 Å². The predicted molar refractivity (Wildman–Crippen MR) is 57.4 cm³/mol. The zero-order chi connectivity index (χ0) is 9.97. The molecule has 0 unspecified atom stereocenters. The molecule has 0 amide bonds. The standard InChI is InChI=1S/C9H12N4S/c1-7-3-11-9(14-7)5-10-8-4-12-13(2)6-8/h3-4,6,10H,5H2,1-2H3. The number of anilines is 1. The van der Waals surface area contributed by atoms with Crippen LogP contribution in [-0.2, 0) is 13.6 Å². The van der Waals surface area contributed by atoms with E-state index in [-0.39, 0.29) is 0 Å². The first-order valence-corrected chi connectivity index (χ1v) is 5.19. The van der Waals surface area contributed by atoms with Gasteiger partial charge in [0.05, 0.1) is 18.4 Å². The molecule has 0 aliphatic rings. The van der Waals surface area contributed by atoms with Crippen molar-refractivity contribution in [3.8, 4) is 0 Å². The van der Waals surface area contributed by atoms with Gasteiger partial charge in [-0.3, -0.25) is 4.68 Å². The summed E-state index contributed by atoms with van der Waals surface area (Å²) in [5, 5.41) is 8.43. The fraction of sp³-hybridized carbons (Fsp3) is 0.333. The zero-order valence-corrected chi connectivity index (χ0v) is 9.01. The van der Waals surface area contributed by atoms with Crippen LogP contribution >= 0.6 is 11.3 Å². The number of aromatic nitrogens is 3. The molecule has 4 nitrogen and oxygen atoms in total. The topological polar surface area (TPSA) is 42.7 Å². The smallest absolute Gasteiger partial charge is 0.112 e. The van der Waals surface area contributed by atoms with Gasteiger partial charge >= 0.3 is 0 Å². The monoisotopic (exact) mass is 208 g/mol. The lowest BCUT2D eigenvalue weighted by Crippen LogP contribution is -1.97. The van der Waals surface area contributed by atoms with Gasteiger partial charge in [0, 0.05) is 24.3 Å². The minimum absolute atomic E-state index is 0.768. The summed E-state index contributed by atoms with van der Waals surface area (Å²) in [5.41, 5.74) is 1.03. The number of rotatable bonds is 3. The molecule has 74 valence electrons. The van der Waals surface area contributed by atoms with Crippen LogP contribution in [0.3, 0.4) is 0 Å². The van der Waals surface area contributed by atoms with Crippen molar-refractivity contribution in [3.05, 3.63) is 28.5 Å². The normalized spacial score (nSPS) is 10.4. The number of hydrogen-bond acceptors (Lipinski definition) is 4. The van der Waals surface area contributed by atoms with E-state index >= 15 is 0 Å². The second kappa shape index (κ2) is 3.79. The third-order valence-electron chi connectivity index (χ3n) is 1.82. The Labute approximate surface area is 86.6 Å². The molecule has 1 N–H and O–H groups in total. The highest BCUT2D eigenvalue weighted by atomic mass is 32.1. The van der Waals surface area contributed by atoms with Crippen molar-refractivity contribution >= 4 is 17.0 Å². The van der Waals surface area contributed by atoms with Crippen LogP contribution in [0.1, 0.15) is 9.88 Å². The number of nitrogens with zero attached hydrogens (tertiary/aromatic N) is 3. The summed E-state index contributed by atoms with van der Waals surface area (Å²) in [5.74, 6) is 0. The summed E-state index contributed by atoms with van der Waals surface area (Å²) in [7, 11) is 1.90.